The zero-order chi connectivity index (χ0) is 14.0. The summed E-state index contributed by atoms with van der Waals surface area (Å²) in [5.41, 5.74) is 8.61. The summed E-state index contributed by atoms with van der Waals surface area (Å²) in [6.07, 6.45) is 0. The maximum Gasteiger partial charge on any atom is 0.268 e. The fourth-order valence-electron chi connectivity index (χ4n) is 1.90. The second-order valence-corrected chi connectivity index (χ2v) is 5.76. The summed E-state index contributed by atoms with van der Waals surface area (Å²) in [4.78, 5) is 16.0. The van der Waals surface area contributed by atoms with E-state index in [1.165, 1.54) is 16.9 Å². The lowest BCUT2D eigenvalue weighted by molar-refractivity contribution is 0.0992. The van der Waals surface area contributed by atoms with Gasteiger partial charge in [-0.25, -0.2) is 0 Å². The predicted molar refractivity (Wildman–Crippen MR) is 82.0 cm³/mol. The van der Waals surface area contributed by atoms with Crippen molar-refractivity contribution < 1.29 is 4.79 Å². The first-order chi connectivity index (χ1) is 9.02. The number of nitrogen functional groups attached to an aromatic ring is 1. The molecule has 0 aliphatic rings. The van der Waals surface area contributed by atoms with Gasteiger partial charge in [-0.3, -0.25) is 4.79 Å². The average molecular weight is 274 g/mol. The van der Waals surface area contributed by atoms with E-state index >= 15 is 0 Å². The quantitative estimate of drug-likeness (QED) is 0.929. The minimum Gasteiger partial charge on any atom is -0.398 e. The lowest BCUT2D eigenvalue weighted by Gasteiger charge is -2.20. The van der Waals surface area contributed by atoms with Crippen LogP contribution in [-0.2, 0) is 0 Å². The molecule has 0 aliphatic carbocycles. The minimum atomic E-state index is 0.0103. The number of carbonyl (C=O) groups excluding carboxylic acids is 1. The third kappa shape index (κ3) is 2.79. The highest BCUT2D eigenvalue weighted by Crippen LogP contribution is 2.26. The summed E-state index contributed by atoms with van der Waals surface area (Å²) >= 11 is 1.45. The van der Waals surface area contributed by atoms with Gasteiger partial charge in [0.15, 0.2) is 0 Å². The molecule has 2 rings (SSSR count). The summed E-state index contributed by atoms with van der Waals surface area (Å²) in [6, 6.07) is 9.74. The molecule has 1 aromatic heterocycles. The number of aryl methyl sites for hydroxylation is 2. The van der Waals surface area contributed by atoms with Gasteiger partial charge >= 0.3 is 0 Å². The van der Waals surface area contributed by atoms with Gasteiger partial charge in [0, 0.05) is 22.8 Å². The van der Waals surface area contributed by atoms with E-state index in [1.807, 2.05) is 45.0 Å². The maximum absolute atomic E-state index is 12.5. The van der Waals surface area contributed by atoms with Crippen molar-refractivity contribution in [3.63, 3.8) is 0 Å². The first-order valence-electron chi connectivity index (χ1n) is 6.27. The van der Waals surface area contributed by atoms with Crippen LogP contribution in [0.25, 0.3) is 0 Å². The van der Waals surface area contributed by atoms with E-state index in [9.17, 15) is 4.79 Å². The SMILES string of the molecule is CCN(C(=O)c1cc(N)c(C)s1)c1ccc(C)cc1. The van der Waals surface area contributed by atoms with Crippen molar-refractivity contribution in [2.75, 3.05) is 17.2 Å². The highest BCUT2D eigenvalue weighted by molar-refractivity contribution is 7.14. The van der Waals surface area contributed by atoms with Crippen LogP contribution in [0.15, 0.2) is 30.3 Å². The molecule has 3 nitrogen and oxygen atoms in total. The Morgan fingerprint density at radius 1 is 1.26 bits per heavy atom. The highest BCUT2D eigenvalue weighted by atomic mass is 32.1. The minimum absolute atomic E-state index is 0.0103. The molecule has 0 unspecified atom stereocenters. The summed E-state index contributed by atoms with van der Waals surface area (Å²) in [5.74, 6) is 0.0103. The Kier molecular flexibility index (Phi) is 3.90. The van der Waals surface area contributed by atoms with Gasteiger partial charge in [-0.15, -0.1) is 11.3 Å². The molecule has 2 aromatic rings. The van der Waals surface area contributed by atoms with Crippen LogP contribution in [-0.4, -0.2) is 12.5 Å². The van der Waals surface area contributed by atoms with Crippen molar-refractivity contribution in [2.24, 2.45) is 0 Å². The Morgan fingerprint density at radius 2 is 1.89 bits per heavy atom. The fourth-order valence-corrected chi connectivity index (χ4v) is 2.79. The van der Waals surface area contributed by atoms with E-state index in [4.69, 9.17) is 5.73 Å². The first-order valence-corrected chi connectivity index (χ1v) is 7.09. The molecule has 0 bridgehead atoms. The van der Waals surface area contributed by atoms with E-state index in [2.05, 4.69) is 0 Å². The zero-order valence-electron chi connectivity index (χ0n) is 11.4. The third-order valence-electron chi connectivity index (χ3n) is 3.07. The molecule has 4 heteroatoms. The number of amides is 1. The van der Waals surface area contributed by atoms with Crippen LogP contribution in [0.3, 0.4) is 0 Å². The van der Waals surface area contributed by atoms with Crippen molar-refractivity contribution in [1.82, 2.24) is 0 Å². The van der Waals surface area contributed by atoms with E-state index in [0.29, 0.717) is 17.1 Å². The molecule has 19 heavy (non-hydrogen) atoms. The van der Waals surface area contributed by atoms with Crippen molar-refractivity contribution in [3.8, 4) is 0 Å². The molecule has 0 saturated carbocycles. The van der Waals surface area contributed by atoms with E-state index in [-0.39, 0.29) is 5.91 Å². The third-order valence-corrected chi connectivity index (χ3v) is 4.13. The number of anilines is 2. The Hall–Kier alpha value is -1.81. The topological polar surface area (TPSA) is 46.3 Å². The van der Waals surface area contributed by atoms with Gasteiger partial charge in [-0.1, -0.05) is 17.7 Å². The van der Waals surface area contributed by atoms with Gasteiger partial charge in [-0.05, 0) is 39.0 Å². The van der Waals surface area contributed by atoms with E-state index in [0.717, 1.165) is 10.6 Å². The molecule has 1 heterocycles. The summed E-state index contributed by atoms with van der Waals surface area (Å²) in [5, 5.41) is 0. The van der Waals surface area contributed by atoms with E-state index in [1.54, 1.807) is 11.0 Å². The smallest absolute Gasteiger partial charge is 0.268 e. The number of hydrogen-bond acceptors (Lipinski definition) is 3. The lowest BCUT2D eigenvalue weighted by Crippen LogP contribution is -2.29. The van der Waals surface area contributed by atoms with Crippen LogP contribution in [0.2, 0.25) is 0 Å². The molecule has 0 fully saturated rings. The van der Waals surface area contributed by atoms with Crippen LogP contribution in [0.1, 0.15) is 27.0 Å². The molecular formula is C15H18N2OS. The van der Waals surface area contributed by atoms with Crippen molar-refractivity contribution in [1.29, 1.82) is 0 Å². The molecule has 0 aliphatic heterocycles. The Balaban J connectivity index is 2.31. The molecule has 0 saturated heterocycles. The highest BCUT2D eigenvalue weighted by Gasteiger charge is 2.18. The van der Waals surface area contributed by atoms with Crippen molar-refractivity contribution >= 4 is 28.6 Å². The Bertz CT molecular complexity index is 567. The van der Waals surface area contributed by atoms with Crippen LogP contribution < -0.4 is 10.6 Å². The number of nitrogens with zero attached hydrogens (tertiary/aromatic N) is 1. The summed E-state index contributed by atoms with van der Waals surface area (Å²) in [6.45, 7) is 6.57. The molecule has 2 N–H and O–H groups in total. The summed E-state index contributed by atoms with van der Waals surface area (Å²) < 4.78 is 0. The number of benzene rings is 1. The number of thiophene rings is 1. The number of rotatable bonds is 3. The largest absolute Gasteiger partial charge is 0.398 e. The normalized spacial score (nSPS) is 10.5. The monoisotopic (exact) mass is 274 g/mol. The van der Waals surface area contributed by atoms with Gasteiger partial charge in [0.2, 0.25) is 0 Å². The zero-order valence-corrected chi connectivity index (χ0v) is 12.3. The van der Waals surface area contributed by atoms with Crippen molar-refractivity contribution in [3.05, 3.63) is 45.6 Å². The molecular weight excluding hydrogens is 256 g/mol. The maximum atomic E-state index is 12.5. The number of nitrogens with two attached hydrogens (primary N) is 1. The molecule has 0 spiro atoms. The first kappa shape index (κ1) is 13.6. The standard InChI is InChI=1S/C15H18N2OS/c1-4-17(12-7-5-10(2)6-8-12)15(18)14-9-13(16)11(3)19-14/h5-9H,4,16H2,1-3H3. The van der Waals surface area contributed by atoms with Crippen molar-refractivity contribution in [2.45, 2.75) is 20.8 Å². The van der Waals surface area contributed by atoms with Gasteiger partial charge in [0.25, 0.3) is 5.91 Å². The van der Waals surface area contributed by atoms with Gasteiger partial charge in [-0.2, -0.15) is 0 Å². The Morgan fingerprint density at radius 3 is 2.37 bits per heavy atom. The van der Waals surface area contributed by atoms with E-state index < -0.39 is 0 Å². The molecule has 0 atom stereocenters. The lowest BCUT2D eigenvalue weighted by atomic mass is 10.2. The average Bonchev–Trinajstić information content (AvgIpc) is 2.73. The molecule has 100 valence electrons. The Labute approximate surface area is 117 Å². The second-order valence-electron chi connectivity index (χ2n) is 4.51. The predicted octanol–water partition coefficient (Wildman–Crippen LogP) is 3.61. The van der Waals surface area contributed by atoms with Gasteiger partial charge in [0.05, 0.1) is 4.88 Å². The van der Waals surface area contributed by atoms with Gasteiger partial charge in [0.1, 0.15) is 0 Å². The van der Waals surface area contributed by atoms with Crippen LogP contribution in [0.4, 0.5) is 11.4 Å². The molecule has 1 amide bonds. The van der Waals surface area contributed by atoms with Crippen LogP contribution in [0.5, 0.6) is 0 Å². The van der Waals surface area contributed by atoms with Crippen LogP contribution >= 0.6 is 11.3 Å². The second kappa shape index (κ2) is 5.45. The number of carbonyl (C=O) groups is 1. The van der Waals surface area contributed by atoms with Crippen LogP contribution in [0, 0.1) is 13.8 Å². The van der Waals surface area contributed by atoms with Gasteiger partial charge < -0.3 is 10.6 Å². The molecule has 0 radical (unpaired) electrons. The molecule has 1 aromatic carbocycles. The fraction of sp³-hybridized carbons (Fsp3) is 0.267. The number of hydrogen-bond donors (Lipinski definition) is 1. The summed E-state index contributed by atoms with van der Waals surface area (Å²) in [7, 11) is 0.